The summed E-state index contributed by atoms with van der Waals surface area (Å²) in [5.74, 6) is 1.38. The molecule has 0 bridgehead atoms. The summed E-state index contributed by atoms with van der Waals surface area (Å²) in [6.45, 7) is 0. The summed E-state index contributed by atoms with van der Waals surface area (Å²) in [6, 6.07) is 28.4. The molecule has 0 spiro atoms. The Morgan fingerprint density at radius 2 is 1.50 bits per heavy atom. The monoisotopic (exact) mass is 420 g/mol. The van der Waals surface area contributed by atoms with Gasteiger partial charge in [0, 0.05) is 17.9 Å². The molecule has 2 heterocycles. The average Bonchev–Trinajstić information content (AvgIpc) is 3.24. The molecule has 5 rings (SSSR count). The second kappa shape index (κ2) is 8.07. The molecule has 6 nitrogen and oxygen atoms in total. The number of hydrogen-bond donors (Lipinski definition) is 4. The van der Waals surface area contributed by atoms with Crippen molar-refractivity contribution in [1.82, 2.24) is 15.0 Å². The van der Waals surface area contributed by atoms with Gasteiger partial charge in [-0.15, -0.1) is 0 Å². The summed E-state index contributed by atoms with van der Waals surface area (Å²) in [7, 11) is 0. The van der Waals surface area contributed by atoms with Crippen LogP contribution in [-0.4, -0.2) is 15.0 Å². The summed E-state index contributed by atoms with van der Waals surface area (Å²) in [5, 5.41) is 0. The lowest BCUT2D eigenvalue weighted by atomic mass is 9.87. The lowest BCUT2D eigenvalue weighted by Gasteiger charge is -2.20. The van der Waals surface area contributed by atoms with Crippen molar-refractivity contribution in [3.05, 3.63) is 102 Å². The van der Waals surface area contributed by atoms with E-state index >= 15 is 0 Å². The number of H-pyrrole nitrogens is 1. The Balaban J connectivity index is 1.61. The van der Waals surface area contributed by atoms with Crippen LogP contribution in [0.5, 0.6) is 0 Å². The van der Waals surface area contributed by atoms with E-state index in [4.69, 9.17) is 22.2 Å². The Morgan fingerprint density at radius 3 is 2.25 bits per heavy atom. The van der Waals surface area contributed by atoms with Gasteiger partial charge in [-0.25, -0.2) is 9.97 Å². The number of pyridine rings is 1. The molecule has 5 aromatic rings. The third-order valence-corrected chi connectivity index (χ3v) is 5.76. The molecular formula is C26H24N6. The van der Waals surface area contributed by atoms with E-state index in [-0.39, 0.29) is 11.7 Å². The van der Waals surface area contributed by atoms with E-state index < -0.39 is 0 Å². The zero-order chi connectivity index (χ0) is 22.1. The number of hydrogen-bond acceptors (Lipinski definition) is 5. The van der Waals surface area contributed by atoms with Crippen LogP contribution in [0.25, 0.3) is 22.2 Å². The predicted molar refractivity (Wildman–Crippen MR) is 131 cm³/mol. The van der Waals surface area contributed by atoms with E-state index in [1.54, 1.807) is 6.07 Å². The number of anilines is 3. The van der Waals surface area contributed by atoms with Crippen LogP contribution in [0.3, 0.4) is 0 Å². The van der Waals surface area contributed by atoms with E-state index in [1.807, 2.05) is 48.5 Å². The molecule has 3 aromatic carbocycles. The van der Waals surface area contributed by atoms with Crippen LogP contribution in [0.2, 0.25) is 0 Å². The van der Waals surface area contributed by atoms with Crippen LogP contribution < -0.4 is 17.2 Å². The molecule has 0 radical (unpaired) electrons. The highest BCUT2D eigenvalue weighted by Crippen LogP contribution is 2.35. The maximum atomic E-state index is 6.34. The Kier molecular flexibility index (Phi) is 4.95. The molecule has 2 aromatic heterocycles. The van der Waals surface area contributed by atoms with Gasteiger partial charge in [0.25, 0.3) is 0 Å². The van der Waals surface area contributed by atoms with Crippen LogP contribution in [0.1, 0.15) is 22.9 Å². The van der Waals surface area contributed by atoms with Crippen molar-refractivity contribution in [3.63, 3.8) is 0 Å². The van der Waals surface area contributed by atoms with Gasteiger partial charge in [-0.2, -0.15) is 0 Å². The standard InChI is InChI=1S/C26H24N6/c27-22-14-20(24(28)26(29)31-22)19(17-10-5-2-6-11-17)15-23-30-21-13-7-12-18(25(21)32-23)16-8-3-1-4-9-16/h1-14,19H,15,28H2,(H,30,32)(H4,27,29,31). The second-order valence-electron chi connectivity index (χ2n) is 7.85. The first-order chi connectivity index (χ1) is 15.6. The molecule has 0 amide bonds. The van der Waals surface area contributed by atoms with Crippen molar-refractivity contribution >= 4 is 28.4 Å². The molecule has 0 aliphatic heterocycles. The number of nitrogens with zero attached hydrogens (tertiary/aromatic N) is 2. The first-order valence-corrected chi connectivity index (χ1v) is 10.5. The van der Waals surface area contributed by atoms with Crippen LogP contribution in [0.15, 0.2) is 84.9 Å². The van der Waals surface area contributed by atoms with Crippen molar-refractivity contribution < 1.29 is 0 Å². The minimum Gasteiger partial charge on any atom is -0.396 e. The molecule has 0 saturated heterocycles. The molecule has 1 atom stereocenters. The van der Waals surface area contributed by atoms with Gasteiger partial charge in [0.1, 0.15) is 17.5 Å². The number of rotatable bonds is 5. The van der Waals surface area contributed by atoms with Crippen molar-refractivity contribution in [2.24, 2.45) is 0 Å². The summed E-state index contributed by atoms with van der Waals surface area (Å²) < 4.78 is 0. The first-order valence-electron chi connectivity index (χ1n) is 10.5. The molecule has 0 aliphatic rings. The lowest BCUT2D eigenvalue weighted by molar-refractivity contribution is 0.770. The topological polar surface area (TPSA) is 120 Å². The fraction of sp³-hybridized carbons (Fsp3) is 0.0769. The van der Waals surface area contributed by atoms with Gasteiger partial charge in [-0.3, -0.25) is 0 Å². The van der Waals surface area contributed by atoms with E-state index in [1.165, 1.54) is 0 Å². The SMILES string of the molecule is Nc1cc(C(Cc2nc3c(-c4ccccc4)cccc3[nH]2)c2ccccc2)c(N)c(N)n1. The number of fused-ring (bicyclic) bond motifs is 1. The molecule has 7 N–H and O–H groups in total. The Morgan fingerprint density at radius 1 is 0.781 bits per heavy atom. The maximum Gasteiger partial charge on any atom is 0.149 e. The summed E-state index contributed by atoms with van der Waals surface area (Å²) in [4.78, 5) is 12.6. The first kappa shape index (κ1) is 19.6. The van der Waals surface area contributed by atoms with Gasteiger partial charge >= 0.3 is 0 Å². The number of imidazole rings is 1. The predicted octanol–water partition coefficient (Wildman–Crippen LogP) is 4.75. The molecule has 6 heteroatoms. The number of nitrogen functional groups attached to an aromatic ring is 3. The quantitative estimate of drug-likeness (QED) is 0.327. The fourth-order valence-electron chi connectivity index (χ4n) is 4.22. The third-order valence-electron chi connectivity index (χ3n) is 5.76. The Labute approximate surface area is 186 Å². The fourth-order valence-corrected chi connectivity index (χ4v) is 4.22. The molecule has 0 saturated carbocycles. The zero-order valence-electron chi connectivity index (χ0n) is 17.5. The summed E-state index contributed by atoms with van der Waals surface area (Å²) in [5.41, 5.74) is 25.0. The van der Waals surface area contributed by atoms with Crippen LogP contribution in [-0.2, 0) is 6.42 Å². The summed E-state index contributed by atoms with van der Waals surface area (Å²) in [6.07, 6.45) is 0.611. The van der Waals surface area contributed by atoms with E-state index in [2.05, 4.69) is 40.3 Å². The third kappa shape index (κ3) is 3.63. The zero-order valence-corrected chi connectivity index (χ0v) is 17.5. The van der Waals surface area contributed by atoms with Crippen LogP contribution in [0, 0.1) is 0 Å². The van der Waals surface area contributed by atoms with Gasteiger partial charge in [-0.1, -0.05) is 72.8 Å². The van der Waals surface area contributed by atoms with E-state index in [0.29, 0.717) is 17.9 Å². The normalized spacial score (nSPS) is 12.1. The number of aromatic amines is 1. The highest BCUT2D eigenvalue weighted by Gasteiger charge is 2.22. The Hall–Kier alpha value is -4.32. The van der Waals surface area contributed by atoms with E-state index in [0.717, 1.165) is 39.1 Å². The van der Waals surface area contributed by atoms with Crippen molar-refractivity contribution in [3.8, 4) is 11.1 Å². The van der Waals surface area contributed by atoms with Gasteiger partial charge < -0.3 is 22.2 Å². The molecule has 0 fully saturated rings. The molecular weight excluding hydrogens is 396 g/mol. The van der Waals surface area contributed by atoms with Crippen LogP contribution in [0.4, 0.5) is 17.3 Å². The molecule has 1 unspecified atom stereocenters. The molecule has 32 heavy (non-hydrogen) atoms. The largest absolute Gasteiger partial charge is 0.396 e. The van der Waals surface area contributed by atoms with Crippen molar-refractivity contribution in [1.29, 1.82) is 0 Å². The van der Waals surface area contributed by atoms with Crippen molar-refractivity contribution in [2.45, 2.75) is 12.3 Å². The highest BCUT2D eigenvalue weighted by molar-refractivity contribution is 5.92. The minimum absolute atomic E-state index is 0.0791. The van der Waals surface area contributed by atoms with Crippen LogP contribution >= 0.6 is 0 Å². The second-order valence-corrected chi connectivity index (χ2v) is 7.85. The number of aromatic nitrogens is 3. The number of nitrogens with one attached hydrogen (secondary N) is 1. The average molecular weight is 421 g/mol. The van der Waals surface area contributed by atoms with Gasteiger partial charge in [0.15, 0.2) is 0 Å². The van der Waals surface area contributed by atoms with Gasteiger partial charge in [-0.05, 0) is 28.8 Å². The highest BCUT2D eigenvalue weighted by atomic mass is 14.9. The maximum absolute atomic E-state index is 6.34. The lowest BCUT2D eigenvalue weighted by Crippen LogP contribution is -2.12. The van der Waals surface area contributed by atoms with Crippen molar-refractivity contribution in [2.75, 3.05) is 17.2 Å². The Bertz CT molecular complexity index is 1380. The van der Waals surface area contributed by atoms with E-state index in [9.17, 15) is 0 Å². The number of benzene rings is 3. The minimum atomic E-state index is -0.0791. The van der Waals surface area contributed by atoms with Gasteiger partial charge in [0.05, 0.1) is 16.7 Å². The summed E-state index contributed by atoms with van der Waals surface area (Å²) >= 11 is 0. The smallest absolute Gasteiger partial charge is 0.149 e. The molecule has 158 valence electrons. The van der Waals surface area contributed by atoms with Gasteiger partial charge in [0.2, 0.25) is 0 Å². The molecule has 0 aliphatic carbocycles. The number of nitrogens with two attached hydrogens (primary N) is 3. The number of para-hydroxylation sites is 1.